The van der Waals surface area contributed by atoms with Gasteiger partial charge in [0, 0.05) is 22.1 Å². The fourth-order valence-electron chi connectivity index (χ4n) is 2.46. The van der Waals surface area contributed by atoms with E-state index in [-0.39, 0.29) is 35.2 Å². The summed E-state index contributed by atoms with van der Waals surface area (Å²) in [6.45, 7) is 0. The van der Waals surface area contributed by atoms with Crippen molar-refractivity contribution in [1.29, 1.82) is 0 Å². The van der Waals surface area contributed by atoms with Crippen molar-refractivity contribution in [3.05, 3.63) is 58.9 Å². The minimum atomic E-state index is -4.35. The Kier molecular flexibility index (Phi) is 6.42. The lowest BCUT2D eigenvalue weighted by Crippen LogP contribution is -2.17. The van der Waals surface area contributed by atoms with Crippen LogP contribution in [0, 0.1) is 0 Å². The molecule has 29 heavy (non-hydrogen) atoms. The Bertz CT molecular complexity index is 1120. The SMILES string of the molecule is NC(CCC(=O)Nc1cccc(S(=O)(=O)O)c1)c1nnc(-c2ccc(Br)cc2)o1. The number of carbonyl (C=O) groups is 1. The molecule has 0 fully saturated rings. The highest BCUT2D eigenvalue weighted by atomic mass is 79.9. The number of nitrogens with one attached hydrogen (secondary N) is 1. The summed E-state index contributed by atoms with van der Waals surface area (Å²) in [6.07, 6.45) is 0.291. The molecule has 0 aliphatic rings. The molecule has 1 atom stereocenters. The van der Waals surface area contributed by atoms with Gasteiger partial charge < -0.3 is 15.5 Å². The first-order chi connectivity index (χ1) is 13.7. The van der Waals surface area contributed by atoms with Crippen LogP contribution in [0.3, 0.4) is 0 Å². The van der Waals surface area contributed by atoms with Gasteiger partial charge in [0.2, 0.25) is 17.7 Å². The Labute approximate surface area is 175 Å². The van der Waals surface area contributed by atoms with Crippen LogP contribution < -0.4 is 11.1 Å². The van der Waals surface area contributed by atoms with E-state index in [4.69, 9.17) is 14.7 Å². The number of aromatic nitrogens is 2. The van der Waals surface area contributed by atoms with Gasteiger partial charge in [0.05, 0.1) is 10.9 Å². The van der Waals surface area contributed by atoms with Gasteiger partial charge in [-0.2, -0.15) is 8.42 Å². The van der Waals surface area contributed by atoms with Crippen LogP contribution in [-0.2, 0) is 14.9 Å². The van der Waals surface area contributed by atoms with Gasteiger partial charge in [-0.1, -0.05) is 22.0 Å². The number of carbonyl (C=O) groups excluding carboxylic acids is 1. The van der Waals surface area contributed by atoms with Crippen LogP contribution in [0.2, 0.25) is 0 Å². The molecule has 0 bridgehead atoms. The molecule has 4 N–H and O–H groups in total. The molecule has 11 heteroatoms. The monoisotopic (exact) mass is 480 g/mol. The first-order valence-electron chi connectivity index (χ1n) is 8.45. The highest BCUT2D eigenvalue weighted by Crippen LogP contribution is 2.23. The highest BCUT2D eigenvalue weighted by Gasteiger charge is 2.17. The maximum Gasteiger partial charge on any atom is 0.294 e. The predicted molar refractivity (Wildman–Crippen MR) is 108 cm³/mol. The molecule has 152 valence electrons. The first-order valence-corrected chi connectivity index (χ1v) is 10.7. The molecule has 3 rings (SSSR count). The molecular formula is C18H17BrN4O5S. The highest BCUT2D eigenvalue weighted by molar-refractivity contribution is 9.10. The molecule has 0 aliphatic heterocycles. The molecule has 0 saturated carbocycles. The maximum absolute atomic E-state index is 12.1. The van der Waals surface area contributed by atoms with Crippen molar-refractivity contribution in [2.45, 2.75) is 23.8 Å². The zero-order valence-electron chi connectivity index (χ0n) is 14.9. The van der Waals surface area contributed by atoms with Gasteiger partial charge >= 0.3 is 0 Å². The van der Waals surface area contributed by atoms with E-state index in [0.717, 1.165) is 16.1 Å². The van der Waals surface area contributed by atoms with Crippen LogP contribution in [0.1, 0.15) is 24.8 Å². The number of nitrogens with zero attached hydrogens (tertiary/aromatic N) is 2. The minimum Gasteiger partial charge on any atom is -0.419 e. The Morgan fingerprint density at radius 3 is 2.62 bits per heavy atom. The van der Waals surface area contributed by atoms with Crippen molar-refractivity contribution >= 4 is 37.6 Å². The lowest BCUT2D eigenvalue weighted by atomic mass is 10.1. The van der Waals surface area contributed by atoms with Crippen LogP contribution in [0.25, 0.3) is 11.5 Å². The van der Waals surface area contributed by atoms with Gasteiger partial charge in [0.25, 0.3) is 10.1 Å². The first kappa shape index (κ1) is 21.1. The Morgan fingerprint density at radius 1 is 1.21 bits per heavy atom. The van der Waals surface area contributed by atoms with E-state index in [9.17, 15) is 13.2 Å². The van der Waals surface area contributed by atoms with E-state index in [2.05, 4.69) is 31.4 Å². The molecule has 1 aromatic heterocycles. The van der Waals surface area contributed by atoms with Crippen molar-refractivity contribution in [2.24, 2.45) is 5.73 Å². The lowest BCUT2D eigenvalue weighted by Gasteiger charge is -2.08. The van der Waals surface area contributed by atoms with E-state index in [1.165, 1.54) is 18.2 Å². The van der Waals surface area contributed by atoms with E-state index < -0.39 is 16.2 Å². The Hall–Kier alpha value is -2.60. The van der Waals surface area contributed by atoms with Crippen LogP contribution in [0.15, 0.2) is 62.3 Å². The second-order valence-electron chi connectivity index (χ2n) is 6.15. The number of benzene rings is 2. The lowest BCUT2D eigenvalue weighted by molar-refractivity contribution is -0.116. The van der Waals surface area contributed by atoms with Crippen molar-refractivity contribution in [3.63, 3.8) is 0 Å². The summed E-state index contributed by atoms with van der Waals surface area (Å²) in [5.41, 5.74) is 7.03. The van der Waals surface area contributed by atoms with Crippen molar-refractivity contribution in [1.82, 2.24) is 10.2 Å². The molecule has 1 heterocycles. The standard InChI is InChI=1S/C18H17BrN4O5S/c19-12-6-4-11(5-7-12)17-22-23-18(28-17)15(20)8-9-16(24)21-13-2-1-3-14(10-13)29(25,26)27/h1-7,10,15H,8-9,20H2,(H,21,24)(H,25,26,27). The Balaban J connectivity index is 1.57. The number of anilines is 1. The fraction of sp³-hybridized carbons (Fsp3) is 0.167. The van der Waals surface area contributed by atoms with Crippen LogP contribution in [0.5, 0.6) is 0 Å². The number of hydrogen-bond donors (Lipinski definition) is 3. The zero-order chi connectivity index (χ0) is 21.0. The molecule has 3 aromatic rings. The van der Waals surface area contributed by atoms with Crippen molar-refractivity contribution in [3.8, 4) is 11.5 Å². The summed E-state index contributed by atoms with van der Waals surface area (Å²) < 4.78 is 37.9. The second-order valence-corrected chi connectivity index (χ2v) is 8.49. The number of rotatable bonds is 7. The van der Waals surface area contributed by atoms with Gasteiger partial charge in [-0.25, -0.2) is 0 Å². The summed E-state index contributed by atoms with van der Waals surface area (Å²) in [7, 11) is -4.35. The average molecular weight is 481 g/mol. The molecule has 0 radical (unpaired) electrons. The summed E-state index contributed by atoms with van der Waals surface area (Å²) >= 11 is 3.35. The maximum atomic E-state index is 12.1. The van der Waals surface area contributed by atoms with Crippen LogP contribution >= 0.6 is 15.9 Å². The number of amides is 1. The summed E-state index contributed by atoms with van der Waals surface area (Å²) in [4.78, 5) is 11.8. The molecule has 0 spiro atoms. The molecule has 9 nitrogen and oxygen atoms in total. The molecule has 1 amide bonds. The van der Waals surface area contributed by atoms with E-state index in [0.29, 0.717) is 5.89 Å². The third-order valence-corrected chi connectivity index (χ3v) is 5.33. The van der Waals surface area contributed by atoms with E-state index >= 15 is 0 Å². The molecule has 2 aromatic carbocycles. The van der Waals surface area contributed by atoms with Gasteiger partial charge in [-0.05, 0) is 48.9 Å². The quantitative estimate of drug-likeness (QED) is 0.436. The molecule has 0 aliphatic carbocycles. The number of hydrogen-bond acceptors (Lipinski definition) is 7. The van der Waals surface area contributed by atoms with Gasteiger partial charge in [-0.15, -0.1) is 10.2 Å². The summed E-state index contributed by atoms with van der Waals surface area (Å²) in [5, 5.41) is 10.5. The zero-order valence-corrected chi connectivity index (χ0v) is 17.4. The fourth-order valence-corrected chi connectivity index (χ4v) is 3.25. The van der Waals surface area contributed by atoms with Gasteiger partial charge in [0.15, 0.2) is 0 Å². The third kappa shape index (κ3) is 5.70. The third-order valence-electron chi connectivity index (χ3n) is 3.95. The predicted octanol–water partition coefficient (Wildman–Crippen LogP) is 3.16. The van der Waals surface area contributed by atoms with Crippen molar-refractivity contribution in [2.75, 3.05) is 5.32 Å². The number of nitrogens with two attached hydrogens (primary N) is 1. The van der Waals surface area contributed by atoms with E-state index in [1.54, 1.807) is 0 Å². The van der Waals surface area contributed by atoms with E-state index in [1.807, 2.05) is 24.3 Å². The summed E-state index contributed by atoms with van der Waals surface area (Å²) in [5.74, 6) is 0.166. The smallest absolute Gasteiger partial charge is 0.294 e. The molecular weight excluding hydrogens is 464 g/mol. The largest absolute Gasteiger partial charge is 0.419 e. The van der Waals surface area contributed by atoms with Gasteiger partial charge in [-0.3, -0.25) is 9.35 Å². The van der Waals surface area contributed by atoms with Crippen molar-refractivity contribution < 1.29 is 22.2 Å². The average Bonchev–Trinajstić information content (AvgIpc) is 3.16. The molecule has 1 unspecified atom stereocenters. The topological polar surface area (TPSA) is 148 Å². The summed E-state index contributed by atoms with van der Waals surface area (Å²) in [6, 6.07) is 12.0. The minimum absolute atomic E-state index is 0.0489. The van der Waals surface area contributed by atoms with Gasteiger partial charge in [0.1, 0.15) is 0 Å². The second kappa shape index (κ2) is 8.82. The number of halogens is 1. The Morgan fingerprint density at radius 2 is 1.93 bits per heavy atom. The van der Waals surface area contributed by atoms with Crippen LogP contribution in [-0.4, -0.2) is 29.1 Å². The normalized spacial score (nSPS) is 12.5. The van der Waals surface area contributed by atoms with Crippen LogP contribution in [0.4, 0.5) is 5.69 Å². The molecule has 0 saturated heterocycles.